The zero-order chi connectivity index (χ0) is 12.8. The molecule has 1 fully saturated rings. The number of carboxylic acids is 1. The molecule has 7 nitrogen and oxygen atoms in total. The highest BCUT2D eigenvalue weighted by Gasteiger charge is 2.13. The molecule has 0 bridgehead atoms. The average Bonchev–Trinajstić information content (AvgIpc) is 2.82. The molecule has 1 N–H and O–H groups in total. The Morgan fingerprint density at radius 1 is 1.28 bits per heavy atom. The average molecular weight is 271 g/mol. The number of piperidine rings is 1. The summed E-state index contributed by atoms with van der Waals surface area (Å²) in [4.78, 5) is 12.9. The smallest absolute Gasteiger partial charge is 0.313 e. The Bertz CT molecular complexity index is 391. The Morgan fingerprint density at radius 3 is 2.78 bits per heavy atom. The van der Waals surface area contributed by atoms with Gasteiger partial charge in [0.25, 0.3) is 0 Å². The number of aromatic nitrogens is 4. The van der Waals surface area contributed by atoms with Crippen LogP contribution in [0.3, 0.4) is 0 Å². The van der Waals surface area contributed by atoms with Gasteiger partial charge in [-0.3, -0.25) is 4.79 Å². The standard InChI is InChI=1S/C10H17N5O2S/c16-9(17)8-18-10-11-12-13-15(10)7-6-14-4-2-1-3-5-14/h1-8H2,(H,16,17). The summed E-state index contributed by atoms with van der Waals surface area (Å²) >= 11 is 1.16. The second kappa shape index (κ2) is 6.69. The quantitative estimate of drug-likeness (QED) is 0.747. The van der Waals surface area contributed by atoms with E-state index in [-0.39, 0.29) is 5.75 Å². The normalized spacial score (nSPS) is 16.9. The van der Waals surface area contributed by atoms with Crippen LogP contribution < -0.4 is 0 Å². The van der Waals surface area contributed by atoms with E-state index in [1.165, 1.54) is 19.3 Å². The van der Waals surface area contributed by atoms with Gasteiger partial charge in [0.2, 0.25) is 5.16 Å². The van der Waals surface area contributed by atoms with Crippen molar-refractivity contribution < 1.29 is 9.90 Å². The predicted molar refractivity (Wildman–Crippen MR) is 66.5 cm³/mol. The fourth-order valence-corrected chi connectivity index (χ4v) is 2.61. The number of thioether (sulfide) groups is 1. The van der Waals surface area contributed by atoms with Crippen molar-refractivity contribution in [1.29, 1.82) is 0 Å². The summed E-state index contributed by atoms with van der Waals surface area (Å²) in [5, 5.41) is 20.5. The Kier molecular flexibility index (Phi) is 4.94. The Morgan fingerprint density at radius 2 is 2.06 bits per heavy atom. The third-order valence-corrected chi connectivity index (χ3v) is 3.84. The van der Waals surface area contributed by atoms with Gasteiger partial charge < -0.3 is 10.0 Å². The van der Waals surface area contributed by atoms with Gasteiger partial charge in [-0.25, -0.2) is 4.68 Å². The molecule has 2 heterocycles. The van der Waals surface area contributed by atoms with Crippen LogP contribution in [-0.2, 0) is 11.3 Å². The minimum absolute atomic E-state index is 0.00983. The molecule has 1 aromatic heterocycles. The van der Waals surface area contributed by atoms with Crippen molar-refractivity contribution in [3.05, 3.63) is 0 Å². The van der Waals surface area contributed by atoms with Gasteiger partial charge in [-0.15, -0.1) is 5.10 Å². The lowest BCUT2D eigenvalue weighted by Gasteiger charge is -2.26. The van der Waals surface area contributed by atoms with Crippen LogP contribution in [0.25, 0.3) is 0 Å². The van der Waals surface area contributed by atoms with Gasteiger partial charge in [-0.05, 0) is 36.4 Å². The van der Waals surface area contributed by atoms with Gasteiger partial charge >= 0.3 is 5.97 Å². The lowest BCUT2D eigenvalue weighted by Crippen LogP contribution is -2.32. The third-order valence-electron chi connectivity index (χ3n) is 2.90. The van der Waals surface area contributed by atoms with Gasteiger partial charge in [0.1, 0.15) is 0 Å². The van der Waals surface area contributed by atoms with E-state index in [1.807, 2.05) is 0 Å². The first-order valence-electron chi connectivity index (χ1n) is 6.09. The predicted octanol–water partition coefficient (Wildman–Crippen LogP) is 0.336. The first-order valence-corrected chi connectivity index (χ1v) is 7.07. The Hall–Kier alpha value is -1.15. The first-order chi connectivity index (χ1) is 8.75. The molecule has 1 aromatic rings. The number of nitrogens with zero attached hydrogens (tertiary/aromatic N) is 5. The molecule has 1 aliphatic rings. The van der Waals surface area contributed by atoms with Crippen molar-refractivity contribution >= 4 is 17.7 Å². The fraction of sp³-hybridized carbons (Fsp3) is 0.800. The zero-order valence-corrected chi connectivity index (χ0v) is 11.0. The summed E-state index contributed by atoms with van der Waals surface area (Å²) in [5.74, 6) is -0.866. The van der Waals surface area contributed by atoms with E-state index in [0.29, 0.717) is 5.16 Å². The Labute approximate surface area is 110 Å². The topological polar surface area (TPSA) is 84.1 Å². The van der Waals surface area contributed by atoms with Crippen LogP contribution in [0.15, 0.2) is 5.16 Å². The van der Waals surface area contributed by atoms with Crippen molar-refractivity contribution in [1.82, 2.24) is 25.1 Å². The van der Waals surface area contributed by atoms with Crippen LogP contribution in [0.2, 0.25) is 0 Å². The summed E-state index contributed by atoms with van der Waals surface area (Å²) in [5.41, 5.74) is 0. The van der Waals surface area contributed by atoms with Crippen molar-refractivity contribution in [2.75, 3.05) is 25.4 Å². The molecule has 0 amide bonds. The van der Waals surface area contributed by atoms with E-state index in [9.17, 15) is 4.79 Å². The molecule has 0 aromatic carbocycles. The highest BCUT2D eigenvalue weighted by molar-refractivity contribution is 7.99. The van der Waals surface area contributed by atoms with Crippen LogP contribution in [0, 0.1) is 0 Å². The van der Waals surface area contributed by atoms with Crippen LogP contribution in [-0.4, -0.2) is 61.6 Å². The SMILES string of the molecule is O=C(O)CSc1nnnn1CCN1CCCCC1. The van der Waals surface area contributed by atoms with Gasteiger partial charge in [-0.2, -0.15) is 0 Å². The van der Waals surface area contributed by atoms with Crippen LogP contribution in [0.1, 0.15) is 19.3 Å². The number of carboxylic acid groups (broad SMARTS) is 1. The molecule has 1 aliphatic heterocycles. The van der Waals surface area contributed by atoms with Gasteiger partial charge in [0.15, 0.2) is 0 Å². The lowest BCUT2D eigenvalue weighted by molar-refractivity contribution is -0.133. The molecular formula is C10H17N5O2S. The van der Waals surface area contributed by atoms with Gasteiger partial charge in [0, 0.05) is 6.54 Å². The molecule has 0 aliphatic carbocycles. The summed E-state index contributed by atoms with van der Waals surface area (Å²) < 4.78 is 1.68. The number of rotatable bonds is 6. The molecule has 2 rings (SSSR count). The molecule has 0 spiro atoms. The number of carbonyl (C=O) groups is 1. The van der Waals surface area contributed by atoms with Crippen molar-refractivity contribution in [3.63, 3.8) is 0 Å². The maximum absolute atomic E-state index is 10.5. The van der Waals surface area contributed by atoms with E-state index >= 15 is 0 Å². The van der Waals surface area contributed by atoms with E-state index in [1.54, 1.807) is 4.68 Å². The molecule has 0 radical (unpaired) electrons. The summed E-state index contributed by atoms with van der Waals surface area (Å²) in [6.45, 7) is 3.92. The second-order valence-corrected chi connectivity index (χ2v) is 5.21. The fourth-order valence-electron chi connectivity index (χ4n) is 1.99. The number of aliphatic carboxylic acids is 1. The van der Waals surface area contributed by atoms with E-state index in [0.717, 1.165) is 37.9 Å². The van der Waals surface area contributed by atoms with Crippen LogP contribution in [0.5, 0.6) is 0 Å². The number of likely N-dealkylation sites (tertiary alicyclic amines) is 1. The maximum atomic E-state index is 10.5. The largest absolute Gasteiger partial charge is 0.481 e. The maximum Gasteiger partial charge on any atom is 0.313 e. The molecule has 18 heavy (non-hydrogen) atoms. The third kappa shape index (κ3) is 3.95. The molecule has 0 unspecified atom stereocenters. The second-order valence-electron chi connectivity index (χ2n) is 4.27. The molecule has 0 atom stereocenters. The van der Waals surface area contributed by atoms with Crippen molar-refractivity contribution in [2.45, 2.75) is 31.0 Å². The Balaban J connectivity index is 1.81. The molecule has 100 valence electrons. The van der Waals surface area contributed by atoms with Gasteiger partial charge in [0.05, 0.1) is 12.3 Å². The highest BCUT2D eigenvalue weighted by Crippen LogP contribution is 2.13. The molecular weight excluding hydrogens is 254 g/mol. The van der Waals surface area contributed by atoms with Crippen molar-refractivity contribution in [3.8, 4) is 0 Å². The van der Waals surface area contributed by atoms with E-state index in [2.05, 4.69) is 20.4 Å². The molecule has 0 saturated carbocycles. The van der Waals surface area contributed by atoms with Crippen molar-refractivity contribution in [2.24, 2.45) is 0 Å². The summed E-state index contributed by atoms with van der Waals surface area (Å²) in [6, 6.07) is 0. The van der Waals surface area contributed by atoms with Crippen LogP contribution >= 0.6 is 11.8 Å². The summed E-state index contributed by atoms with van der Waals surface area (Å²) in [7, 11) is 0. The van der Waals surface area contributed by atoms with E-state index < -0.39 is 5.97 Å². The highest BCUT2D eigenvalue weighted by atomic mass is 32.2. The van der Waals surface area contributed by atoms with Gasteiger partial charge in [-0.1, -0.05) is 18.2 Å². The number of tetrazole rings is 1. The number of hydrogen-bond donors (Lipinski definition) is 1. The minimum atomic E-state index is -0.856. The zero-order valence-electron chi connectivity index (χ0n) is 10.2. The number of hydrogen-bond acceptors (Lipinski definition) is 6. The summed E-state index contributed by atoms with van der Waals surface area (Å²) in [6.07, 6.45) is 3.84. The monoisotopic (exact) mass is 271 g/mol. The molecule has 8 heteroatoms. The lowest BCUT2D eigenvalue weighted by atomic mass is 10.1. The first kappa shape index (κ1) is 13.3. The molecule has 1 saturated heterocycles. The van der Waals surface area contributed by atoms with Crippen LogP contribution in [0.4, 0.5) is 0 Å². The minimum Gasteiger partial charge on any atom is -0.481 e. The van der Waals surface area contributed by atoms with E-state index in [4.69, 9.17) is 5.11 Å².